The third-order valence-corrected chi connectivity index (χ3v) is 4.82. The third-order valence-electron chi connectivity index (χ3n) is 4.05. The van der Waals surface area contributed by atoms with Crippen molar-refractivity contribution in [1.82, 2.24) is 9.69 Å². The summed E-state index contributed by atoms with van der Waals surface area (Å²) < 4.78 is 11.0. The number of fused-ring (bicyclic) bond motifs is 1. The van der Waals surface area contributed by atoms with Crippen LogP contribution in [-0.4, -0.2) is 35.3 Å². The van der Waals surface area contributed by atoms with E-state index in [9.17, 15) is 5.11 Å². The van der Waals surface area contributed by atoms with E-state index in [-0.39, 0.29) is 0 Å². The second kappa shape index (κ2) is 9.08. The van der Waals surface area contributed by atoms with Gasteiger partial charge in [0.15, 0.2) is 0 Å². The number of aliphatic hydroxyl groups is 1. The first-order valence-electron chi connectivity index (χ1n) is 8.09. The zero-order valence-electron chi connectivity index (χ0n) is 13.4. The van der Waals surface area contributed by atoms with Crippen molar-refractivity contribution in [2.75, 3.05) is 19.7 Å². The van der Waals surface area contributed by atoms with Gasteiger partial charge in [0, 0.05) is 6.54 Å². The SMILES string of the molecule is CCC(CC)CCNCC(O)COc1cccc2sncc12. The molecule has 0 amide bonds. The molecule has 0 spiro atoms. The van der Waals surface area contributed by atoms with Crippen LogP contribution in [-0.2, 0) is 0 Å². The van der Waals surface area contributed by atoms with Gasteiger partial charge in [0.2, 0.25) is 0 Å². The summed E-state index contributed by atoms with van der Waals surface area (Å²) >= 11 is 1.45. The van der Waals surface area contributed by atoms with Gasteiger partial charge in [-0.15, -0.1) is 0 Å². The van der Waals surface area contributed by atoms with Crippen molar-refractivity contribution in [2.45, 2.75) is 39.2 Å². The largest absolute Gasteiger partial charge is 0.490 e. The Hall–Kier alpha value is -1.17. The maximum absolute atomic E-state index is 10.0. The second-order valence-electron chi connectivity index (χ2n) is 5.63. The lowest BCUT2D eigenvalue weighted by Gasteiger charge is -2.16. The fraction of sp³-hybridized carbons (Fsp3) is 0.588. The van der Waals surface area contributed by atoms with E-state index >= 15 is 0 Å². The zero-order chi connectivity index (χ0) is 15.8. The van der Waals surface area contributed by atoms with Gasteiger partial charge >= 0.3 is 0 Å². The Morgan fingerprint density at radius 3 is 2.91 bits per heavy atom. The fourth-order valence-corrected chi connectivity index (χ4v) is 3.17. The lowest BCUT2D eigenvalue weighted by molar-refractivity contribution is 0.107. The van der Waals surface area contributed by atoms with Gasteiger partial charge in [0.25, 0.3) is 0 Å². The zero-order valence-corrected chi connectivity index (χ0v) is 14.2. The van der Waals surface area contributed by atoms with E-state index in [1.807, 2.05) is 24.4 Å². The Morgan fingerprint density at radius 2 is 2.14 bits per heavy atom. The molecule has 5 heteroatoms. The highest BCUT2D eigenvalue weighted by Crippen LogP contribution is 2.27. The quantitative estimate of drug-likeness (QED) is 0.658. The van der Waals surface area contributed by atoms with Crippen molar-refractivity contribution in [3.63, 3.8) is 0 Å². The van der Waals surface area contributed by atoms with Crippen LogP contribution in [0.15, 0.2) is 24.4 Å². The van der Waals surface area contributed by atoms with E-state index in [1.165, 1.54) is 30.8 Å². The van der Waals surface area contributed by atoms with E-state index < -0.39 is 6.10 Å². The molecule has 2 rings (SSSR count). The summed E-state index contributed by atoms with van der Waals surface area (Å²) in [6, 6.07) is 5.90. The lowest BCUT2D eigenvalue weighted by atomic mass is 10.00. The number of rotatable bonds is 10. The van der Waals surface area contributed by atoms with E-state index in [0.717, 1.165) is 28.3 Å². The summed E-state index contributed by atoms with van der Waals surface area (Å²) in [6.45, 7) is 6.28. The summed E-state index contributed by atoms with van der Waals surface area (Å²) in [5.74, 6) is 1.58. The molecule has 2 N–H and O–H groups in total. The molecule has 4 nitrogen and oxygen atoms in total. The highest BCUT2D eigenvalue weighted by Gasteiger charge is 2.09. The summed E-state index contributed by atoms with van der Waals surface area (Å²) in [7, 11) is 0. The maximum Gasteiger partial charge on any atom is 0.129 e. The number of aliphatic hydroxyl groups excluding tert-OH is 1. The minimum absolute atomic E-state index is 0.299. The molecule has 1 unspecified atom stereocenters. The Kier molecular flexibility index (Phi) is 7.09. The van der Waals surface area contributed by atoms with E-state index in [4.69, 9.17) is 4.74 Å². The van der Waals surface area contributed by atoms with Crippen LogP contribution >= 0.6 is 11.5 Å². The first-order chi connectivity index (χ1) is 10.7. The molecule has 1 atom stereocenters. The van der Waals surface area contributed by atoms with Crippen molar-refractivity contribution >= 4 is 21.6 Å². The number of nitrogens with zero attached hydrogens (tertiary/aromatic N) is 1. The smallest absolute Gasteiger partial charge is 0.129 e. The summed E-state index contributed by atoms with van der Waals surface area (Å²) in [5.41, 5.74) is 0. The summed E-state index contributed by atoms with van der Waals surface area (Å²) in [5, 5.41) is 14.3. The molecule has 0 saturated heterocycles. The Morgan fingerprint density at radius 1 is 1.32 bits per heavy atom. The molecule has 0 aliphatic carbocycles. The predicted octanol–water partition coefficient (Wildman–Crippen LogP) is 3.45. The first kappa shape index (κ1) is 17.2. The topological polar surface area (TPSA) is 54.4 Å². The van der Waals surface area contributed by atoms with Crippen LogP contribution in [0.4, 0.5) is 0 Å². The average Bonchev–Trinajstić information content (AvgIpc) is 3.02. The van der Waals surface area contributed by atoms with Crippen LogP contribution in [0.25, 0.3) is 10.1 Å². The maximum atomic E-state index is 10.0. The predicted molar refractivity (Wildman–Crippen MR) is 92.7 cm³/mol. The van der Waals surface area contributed by atoms with Crippen LogP contribution in [0.3, 0.4) is 0 Å². The van der Waals surface area contributed by atoms with Gasteiger partial charge in [-0.05, 0) is 42.5 Å². The van der Waals surface area contributed by atoms with Crippen molar-refractivity contribution < 1.29 is 9.84 Å². The van der Waals surface area contributed by atoms with Crippen LogP contribution in [0, 0.1) is 5.92 Å². The van der Waals surface area contributed by atoms with E-state index in [0.29, 0.717) is 13.2 Å². The number of nitrogens with one attached hydrogen (secondary N) is 1. The van der Waals surface area contributed by atoms with Gasteiger partial charge in [-0.1, -0.05) is 32.8 Å². The van der Waals surface area contributed by atoms with Crippen LogP contribution in [0.1, 0.15) is 33.1 Å². The minimum atomic E-state index is -0.497. The Balaban J connectivity index is 1.69. The molecular formula is C17H26N2O2S. The highest BCUT2D eigenvalue weighted by molar-refractivity contribution is 7.13. The average molecular weight is 322 g/mol. The molecule has 1 aromatic carbocycles. The van der Waals surface area contributed by atoms with Gasteiger partial charge in [-0.25, -0.2) is 0 Å². The molecule has 2 aromatic rings. The van der Waals surface area contributed by atoms with Crippen LogP contribution in [0.5, 0.6) is 5.75 Å². The van der Waals surface area contributed by atoms with Crippen molar-refractivity contribution in [1.29, 1.82) is 0 Å². The third kappa shape index (κ3) is 4.93. The van der Waals surface area contributed by atoms with Crippen molar-refractivity contribution in [2.24, 2.45) is 5.92 Å². The molecule has 1 aromatic heterocycles. The van der Waals surface area contributed by atoms with Crippen LogP contribution in [0.2, 0.25) is 0 Å². The van der Waals surface area contributed by atoms with Gasteiger partial charge in [-0.2, -0.15) is 4.37 Å². The molecule has 1 heterocycles. The second-order valence-corrected chi connectivity index (χ2v) is 6.47. The number of hydrogen-bond acceptors (Lipinski definition) is 5. The normalized spacial score (nSPS) is 12.9. The van der Waals surface area contributed by atoms with E-state index in [1.54, 1.807) is 0 Å². The van der Waals surface area contributed by atoms with E-state index in [2.05, 4.69) is 23.5 Å². The van der Waals surface area contributed by atoms with Gasteiger partial charge in [-0.3, -0.25) is 0 Å². The molecule has 0 bridgehead atoms. The summed E-state index contributed by atoms with van der Waals surface area (Å²) in [4.78, 5) is 0. The Labute approximate surface area is 136 Å². The van der Waals surface area contributed by atoms with Crippen molar-refractivity contribution in [3.8, 4) is 5.75 Å². The molecule has 0 fully saturated rings. The minimum Gasteiger partial charge on any atom is -0.490 e. The number of benzene rings is 1. The lowest BCUT2D eigenvalue weighted by Crippen LogP contribution is -2.32. The standard InChI is InChI=1S/C17H26N2O2S/c1-3-13(4-2)8-9-18-10-14(20)12-21-16-6-5-7-17-15(16)11-19-22-17/h5-7,11,13-14,18,20H,3-4,8-10,12H2,1-2H3. The molecule has 22 heavy (non-hydrogen) atoms. The summed E-state index contributed by atoms with van der Waals surface area (Å²) in [6.07, 6.45) is 4.93. The fourth-order valence-electron chi connectivity index (χ4n) is 2.51. The van der Waals surface area contributed by atoms with Crippen molar-refractivity contribution in [3.05, 3.63) is 24.4 Å². The monoisotopic (exact) mass is 322 g/mol. The van der Waals surface area contributed by atoms with Crippen LogP contribution < -0.4 is 10.1 Å². The highest BCUT2D eigenvalue weighted by atomic mass is 32.1. The van der Waals surface area contributed by atoms with Gasteiger partial charge in [0.05, 0.1) is 16.3 Å². The molecule has 122 valence electrons. The van der Waals surface area contributed by atoms with Gasteiger partial charge in [0.1, 0.15) is 18.5 Å². The Bertz CT molecular complexity index is 554. The molecule has 0 saturated carbocycles. The number of aromatic nitrogens is 1. The number of hydrogen-bond donors (Lipinski definition) is 2. The number of ether oxygens (including phenoxy) is 1. The molecule has 0 aliphatic heterocycles. The van der Waals surface area contributed by atoms with Gasteiger partial charge < -0.3 is 15.2 Å². The molecular weight excluding hydrogens is 296 g/mol. The molecule has 0 radical (unpaired) electrons. The first-order valence-corrected chi connectivity index (χ1v) is 8.86. The molecule has 0 aliphatic rings.